The standard InChI is InChI=1S/C15H17FN2O7/c1-22-9-5-7(14(17)20)12(11(16)13(9)24-3)18-8(15(21)25-4)6-10(19)23-2/h5-6,18H,1-4H3,(H2,17,20)/b8-6+. The molecule has 0 aliphatic carbocycles. The van der Waals surface area contributed by atoms with E-state index in [-0.39, 0.29) is 17.1 Å². The molecule has 0 atom stereocenters. The molecule has 0 unspecified atom stereocenters. The molecular weight excluding hydrogens is 339 g/mol. The van der Waals surface area contributed by atoms with Gasteiger partial charge in [-0.15, -0.1) is 0 Å². The molecule has 0 spiro atoms. The number of anilines is 1. The number of amides is 1. The summed E-state index contributed by atoms with van der Waals surface area (Å²) in [7, 11) is 4.56. The average molecular weight is 356 g/mol. The van der Waals surface area contributed by atoms with Crippen molar-refractivity contribution in [2.24, 2.45) is 5.73 Å². The number of carbonyl (C=O) groups excluding carboxylic acids is 3. The van der Waals surface area contributed by atoms with Gasteiger partial charge in [-0.05, 0) is 6.07 Å². The van der Waals surface area contributed by atoms with E-state index < -0.39 is 35.0 Å². The van der Waals surface area contributed by atoms with Gasteiger partial charge < -0.3 is 30.0 Å². The molecule has 9 nitrogen and oxygen atoms in total. The average Bonchev–Trinajstić information content (AvgIpc) is 2.60. The molecule has 0 radical (unpaired) electrons. The fourth-order valence-electron chi connectivity index (χ4n) is 1.83. The second-order valence-corrected chi connectivity index (χ2v) is 4.41. The summed E-state index contributed by atoms with van der Waals surface area (Å²) >= 11 is 0. The Morgan fingerprint density at radius 2 is 1.76 bits per heavy atom. The first kappa shape index (κ1) is 19.7. The molecule has 0 aliphatic heterocycles. The summed E-state index contributed by atoms with van der Waals surface area (Å²) in [6, 6.07) is 1.12. The predicted molar refractivity (Wildman–Crippen MR) is 83.8 cm³/mol. The SMILES string of the molecule is COC(=O)/C=C(/Nc1c(C(N)=O)cc(OC)c(OC)c1F)C(=O)OC. The predicted octanol–water partition coefficient (Wildman–Crippen LogP) is 0.584. The van der Waals surface area contributed by atoms with Crippen LogP contribution in [0.2, 0.25) is 0 Å². The van der Waals surface area contributed by atoms with Crippen LogP contribution in [-0.4, -0.2) is 46.3 Å². The van der Waals surface area contributed by atoms with Crippen LogP contribution in [0.15, 0.2) is 17.8 Å². The van der Waals surface area contributed by atoms with Crippen molar-refractivity contribution in [2.75, 3.05) is 33.8 Å². The Labute approximate surface area is 142 Å². The lowest BCUT2D eigenvalue weighted by Gasteiger charge is -2.17. The molecule has 1 aromatic rings. The monoisotopic (exact) mass is 356 g/mol. The van der Waals surface area contributed by atoms with Crippen LogP contribution < -0.4 is 20.5 Å². The molecule has 25 heavy (non-hydrogen) atoms. The molecule has 0 fully saturated rings. The third-order valence-corrected chi connectivity index (χ3v) is 3.01. The Hall–Kier alpha value is -3.30. The lowest BCUT2D eigenvalue weighted by Crippen LogP contribution is -2.20. The van der Waals surface area contributed by atoms with Crippen molar-refractivity contribution in [3.63, 3.8) is 0 Å². The van der Waals surface area contributed by atoms with E-state index in [2.05, 4.69) is 14.8 Å². The van der Waals surface area contributed by atoms with Crippen LogP contribution in [0.25, 0.3) is 0 Å². The van der Waals surface area contributed by atoms with E-state index in [4.69, 9.17) is 15.2 Å². The smallest absolute Gasteiger partial charge is 0.354 e. The number of rotatable bonds is 7. The van der Waals surface area contributed by atoms with Gasteiger partial charge in [0.05, 0.1) is 45.8 Å². The number of nitrogens with one attached hydrogen (secondary N) is 1. The number of hydrogen-bond acceptors (Lipinski definition) is 8. The summed E-state index contributed by atoms with van der Waals surface area (Å²) in [6.07, 6.45) is 0.729. The molecule has 1 rings (SSSR count). The highest BCUT2D eigenvalue weighted by atomic mass is 19.1. The zero-order chi connectivity index (χ0) is 19.1. The van der Waals surface area contributed by atoms with Crippen molar-refractivity contribution in [2.45, 2.75) is 0 Å². The molecule has 0 aromatic heterocycles. The second-order valence-electron chi connectivity index (χ2n) is 4.41. The van der Waals surface area contributed by atoms with Gasteiger partial charge in [0.2, 0.25) is 0 Å². The van der Waals surface area contributed by atoms with E-state index >= 15 is 0 Å². The number of nitrogens with two attached hydrogens (primary N) is 1. The summed E-state index contributed by atoms with van der Waals surface area (Å²) in [6.45, 7) is 0. The number of ether oxygens (including phenoxy) is 4. The highest BCUT2D eigenvalue weighted by Crippen LogP contribution is 2.38. The maximum Gasteiger partial charge on any atom is 0.354 e. The minimum absolute atomic E-state index is 0.0871. The lowest BCUT2D eigenvalue weighted by molar-refractivity contribution is -0.138. The van der Waals surface area contributed by atoms with Crippen LogP contribution in [0.4, 0.5) is 10.1 Å². The van der Waals surface area contributed by atoms with Crippen LogP contribution in [0.1, 0.15) is 10.4 Å². The Balaban J connectivity index is 3.57. The maximum atomic E-state index is 14.7. The Bertz CT molecular complexity index is 731. The van der Waals surface area contributed by atoms with E-state index in [1.54, 1.807) is 0 Å². The van der Waals surface area contributed by atoms with Gasteiger partial charge >= 0.3 is 11.9 Å². The first-order chi connectivity index (χ1) is 11.8. The molecular formula is C15H17FN2O7. The van der Waals surface area contributed by atoms with Gasteiger partial charge in [-0.3, -0.25) is 4.79 Å². The number of esters is 2. The largest absolute Gasteiger partial charge is 0.493 e. The van der Waals surface area contributed by atoms with Crippen LogP contribution in [-0.2, 0) is 19.1 Å². The van der Waals surface area contributed by atoms with E-state index in [9.17, 15) is 18.8 Å². The van der Waals surface area contributed by atoms with Gasteiger partial charge in [0.15, 0.2) is 17.3 Å². The second kappa shape index (κ2) is 8.52. The van der Waals surface area contributed by atoms with Gasteiger partial charge in [0.1, 0.15) is 5.70 Å². The summed E-state index contributed by atoms with van der Waals surface area (Å²) in [4.78, 5) is 34.8. The van der Waals surface area contributed by atoms with Gasteiger partial charge in [0.25, 0.3) is 5.91 Å². The molecule has 0 saturated carbocycles. The molecule has 0 saturated heterocycles. The van der Waals surface area contributed by atoms with E-state index in [0.29, 0.717) is 0 Å². The van der Waals surface area contributed by atoms with Gasteiger partial charge in [-0.2, -0.15) is 0 Å². The molecule has 1 aromatic carbocycles. The van der Waals surface area contributed by atoms with Crippen LogP contribution in [0, 0.1) is 5.82 Å². The van der Waals surface area contributed by atoms with Crippen molar-refractivity contribution in [3.8, 4) is 11.5 Å². The number of carbonyl (C=O) groups is 3. The normalized spacial score (nSPS) is 10.7. The third kappa shape index (κ3) is 4.37. The van der Waals surface area contributed by atoms with Crippen molar-refractivity contribution < 1.29 is 37.7 Å². The minimum Gasteiger partial charge on any atom is -0.493 e. The van der Waals surface area contributed by atoms with Gasteiger partial charge in [0, 0.05) is 0 Å². The van der Waals surface area contributed by atoms with Crippen LogP contribution in [0.5, 0.6) is 11.5 Å². The first-order valence-corrected chi connectivity index (χ1v) is 6.69. The van der Waals surface area contributed by atoms with E-state index in [0.717, 1.165) is 26.4 Å². The van der Waals surface area contributed by atoms with E-state index in [1.165, 1.54) is 14.2 Å². The Morgan fingerprint density at radius 1 is 1.12 bits per heavy atom. The fraction of sp³-hybridized carbons (Fsp3) is 0.267. The minimum atomic E-state index is -1.06. The van der Waals surface area contributed by atoms with Crippen LogP contribution >= 0.6 is 0 Å². The molecule has 136 valence electrons. The fourth-order valence-corrected chi connectivity index (χ4v) is 1.83. The maximum absolute atomic E-state index is 14.7. The number of benzene rings is 1. The van der Waals surface area contributed by atoms with Crippen LogP contribution in [0.3, 0.4) is 0 Å². The number of halogens is 1. The van der Waals surface area contributed by atoms with E-state index in [1.807, 2.05) is 0 Å². The number of primary amides is 1. The van der Waals surface area contributed by atoms with Gasteiger partial charge in [-0.25, -0.2) is 14.0 Å². The van der Waals surface area contributed by atoms with Gasteiger partial charge in [-0.1, -0.05) is 0 Å². The van der Waals surface area contributed by atoms with Crippen molar-refractivity contribution >= 4 is 23.5 Å². The molecule has 0 aliphatic rings. The zero-order valence-electron chi connectivity index (χ0n) is 14.0. The molecule has 10 heteroatoms. The highest BCUT2D eigenvalue weighted by Gasteiger charge is 2.25. The molecule has 0 heterocycles. The van der Waals surface area contributed by atoms with Crippen molar-refractivity contribution in [1.29, 1.82) is 0 Å². The summed E-state index contributed by atoms with van der Waals surface area (Å²) in [5, 5.41) is 2.31. The topological polar surface area (TPSA) is 126 Å². The number of methoxy groups -OCH3 is 4. The summed E-state index contributed by atoms with van der Waals surface area (Å²) < 4.78 is 33.5. The Morgan fingerprint density at radius 3 is 2.20 bits per heavy atom. The van der Waals surface area contributed by atoms with Crippen molar-refractivity contribution in [1.82, 2.24) is 0 Å². The Kier molecular flexibility index (Phi) is 6.73. The highest BCUT2D eigenvalue weighted by molar-refractivity contribution is 6.03. The lowest BCUT2D eigenvalue weighted by atomic mass is 10.1. The first-order valence-electron chi connectivity index (χ1n) is 6.69. The third-order valence-electron chi connectivity index (χ3n) is 3.01. The number of hydrogen-bond donors (Lipinski definition) is 2. The zero-order valence-corrected chi connectivity index (χ0v) is 14.0. The molecule has 3 N–H and O–H groups in total. The van der Waals surface area contributed by atoms with Crippen molar-refractivity contribution in [3.05, 3.63) is 29.2 Å². The molecule has 0 bridgehead atoms. The molecule has 1 amide bonds. The summed E-state index contributed by atoms with van der Waals surface area (Å²) in [5.74, 6) is -4.41. The quantitative estimate of drug-likeness (QED) is 0.537. The summed E-state index contributed by atoms with van der Waals surface area (Å²) in [5.41, 5.74) is 3.92.